The van der Waals surface area contributed by atoms with Crippen molar-refractivity contribution < 1.29 is 5.11 Å². The number of nitrogens with zero attached hydrogens (tertiary/aromatic N) is 1. The van der Waals surface area contributed by atoms with E-state index in [1.54, 1.807) is 0 Å². The zero-order valence-corrected chi connectivity index (χ0v) is 11.5. The normalized spacial score (nSPS) is 19.8. The van der Waals surface area contributed by atoms with Crippen LogP contribution >= 0.6 is 0 Å². The molecule has 0 bridgehead atoms. The van der Waals surface area contributed by atoms with Crippen molar-refractivity contribution in [2.24, 2.45) is 11.7 Å². The Balaban J connectivity index is 1.98. The Bertz CT molecular complexity index is 459. The van der Waals surface area contributed by atoms with Gasteiger partial charge in [-0.05, 0) is 49.4 Å². The Hall–Kier alpha value is -1.39. The molecule has 1 fully saturated rings. The predicted octanol–water partition coefficient (Wildman–Crippen LogP) is 1.48. The molecule has 1 aliphatic heterocycles. The first-order chi connectivity index (χ1) is 9.10. The average molecular weight is 261 g/mol. The van der Waals surface area contributed by atoms with Crippen LogP contribution in [0.5, 0.6) is 0 Å². The summed E-state index contributed by atoms with van der Waals surface area (Å²) in [5.41, 5.74) is 8.78. The molecule has 4 heteroatoms. The van der Waals surface area contributed by atoms with Gasteiger partial charge in [-0.3, -0.25) is 10.3 Å². The summed E-state index contributed by atoms with van der Waals surface area (Å²) in [7, 11) is 0. The topological polar surface area (TPSA) is 73.3 Å². The maximum atomic E-state index is 8.98. The van der Waals surface area contributed by atoms with Crippen molar-refractivity contribution >= 4 is 5.84 Å². The fraction of sp³-hybridized carbons (Fsp3) is 0.533. The second-order valence-corrected chi connectivity index (χ2v) is 5.46. The molecule has 0 saturated carbocycles. The number of benzene rings is 1. The summed E-state index contributed by atoms with van der Waals surface area (Å²) in [4.78, 5) is 2.44. The highest BCUT2D eigenvalue weighted by Gasteiger charge is 2.22. The summed E-state index contributed by atoms with van der Waals surface area (Å²) in [5.74, 6) is 0.764. The van der Waals surface area contributed by atoms with E-state index in [9.17, 15) is 0 Å². The van der Waals surface area contributed by atoms with Gasteiger partial charge in [-0.15, -0.1) is 0 Å². The fourth-order valence-electron chi connectivity index (χ4n) is 2.76. The number of aliphatic hydroxyl groups excluding tert-OH is 1. The molecule has 0 amide bonds. The molecule has 0 spiro atoms. The molecular formula is C15H23N3O. The van der Waals surface area contributed by atoms with Crippen LogP contribution in [-0.2, 0) is 6.54 Å². The molecule has 1 unspecified atom stereocenters. The first-order valence-electron chi connectivity index (χ1n) is 6.87. The van der Waals surface area contributed by atoms with E-state index in [0.717, 1.165) is 31.6 Å². The number of aryl methyl sites for hydroxylation is 1. The molecule has 19 heavy (non-hydrogen) atoms. The Kier molecular flexibility index (Phi) is 4.56. The molecule has 0 aromatic heterocycles. The smallest absolute Gasteiger partial charge is 0.122 e. The van der Waals surface area contributed by atoms with Crippen LogP contribution in [0.4, 0.5) is 0 Å². The van der Waals surface area contributed by atoms with Gasteiger partial charge >= 0.3 is 0 Å². The van der Waals surface area contributed by atoms with Crippen molar-refractivity contribution in [3.8, 4) is 0 Å². The molecule has 1 atom stereocenters. The fourth-order valence-corrected chi connectivity index (χ4v) is 2.76. The van der Waals surface area contributed by atoms with Gasteiger partial charge in [-0.25, -0.2) is 0 Å². The molecule has 1 saturated heterocycles. The van der Waals surface area contributed by atoms with E-state index in [4.69, 9.17) is 16.2 Å². The van der Waals surface area contributed by atoms with Gasteiger partial charge in [0.15, 0.2) is 0 Å². The third-order valence-electron chi connectivity index (χ3n) is 3.95. The lowest BCUT2D eigenvalue weighted by molar-refractivity contribution is 0.249. The highest BCUT2D eigenvalue weighted by atomic mass is 16.3. The maximum absolute atomic E-state index is 8.98. The molecule has 1 aromatic rings. The summed E-state index contributed by atoms with van der Waals surface area (Å²) in [6, 6.07) is 5.98. The summed E-state index contributed by atoms with van der Waals surface area (Å²) in [6.07, 6.45) is 2.10. The lowest BCUT2D eigenvalue weighted by atomic mass is 10.0. The first kappa shape index (κ1) is 14.0. The minimum atomic E-state index is 0.124. The van der Waals surface area contributed by atoms with Crippen LogP contribution in [0.25, 0.3) is 0 Å². The molecule has 1 aliphatic rings. The molecule has 4 nitrogen and oxygen atoms in total. The number of likely N-dealkylation sites (tertiary alicyclic amines) is 1. The van der Waals surface area contributed by atoms with Gasteiger partial charge in [-0.2, -0.15) is 0 Å². The molecular weight excluding hydrogens is 238 g/mol. The van der Waals surface area contributed by atoms with Crippen molar-refractivity contribution in [2.45, 2.75) is 26.3 Å². The van der Waals surface area contributed by atoms with Crippen LogP contribution in [0.3, 0.4) is 0 Å². The number of amidine groups is 1. The highest BCUT2D eigenvalue weighted by Crippen LogP contribution is 2.22. The van der Waals surface area contributed by atoms with Crippen LogP contribution in [0.1, 0.15) is 29.5 Å². The Labute approximate surface area is 114 Å². The second-order valence-electron chi connectivity index (χ2n) is 5.46. The van der Waals surface area contributed by atoms with E-state index in [1.165, 1.54) is 17.5 Å². The molecule has 2 rings (SSSR count). The van der Waals surface area contributed by atoms with Gasteiger partial charge in [0.25, 0.3) is 0 Å². The van der Waals surface area contributed by atoms with Gasteiger partial charge in [0.2, 0.25) is 0 Å². The minimum Gasteiger partial charge on any atom is -0.396 e. The molecule has 4 N–H and O–H groups in total. The standard InChI is InChI=1S/C15H23N3O/c1-11-8-13(15(16)17)2-3-14(11)10-18-6-4-12(9-18)5-7-19/h2-3,8,12,19H,4-7,9-10H2,1H3,(H3,16,17). The molecule has 1 aromatic carbocycles. The predicted molar refractivity (Wildman–Crippen MR) is 77.3 cm³/mol. The van der Waals surface area contributed by atoms with E-state index in [2.05, 4.69) is 17.9 Å². The van der Waals surface area contributed by atoms with E-state index in [0.29, 0.717) is 12.5 Å². The zero-order valence-electron chi connectivity index (χ0n) is 11.5. The van der Waals surface area contributed by atoms with Gasteiger partial charge in [0.1, 0.15) is 5.84 Å². The number of nitrogens with two attached hydrogens (primary N) is 1. The summed E-state index contributed by atoms with van der Waals surface area (Å²) < 4.78 is 0. The Morgan fingerprint density at radius 3 is 2.95 bits per heavy atom. The van der Waals surface area contributed by atoms with E-state index < -0.39 is 0 Å². The third kappa shape index (κ3) is 3.55. The lowest BCUT2D eigenvalue weighted by Crippen LogP contribution is -2.21. The molecule has 0 aliphatic carbocycles. The van der Waals surface area contributed by atoms with Crippen molar-refractivity contribution in [3.05, 3.63) is 34.9 Å². The first-order valence-corrected chi connectivity index (χ1v) is 6.87. The number of rotatable bonds is 5. The van der Waals surface area contributed by atoms with E-state index in [1.807, 2.05) is 12.1 Å². The summed E-state index contributed by atoms with van der Waals surface area (Å²) in [6.45, 7) is 5.51. The number of nitrogen functional groups attached to an aromatic ring is 1. The number of aliphatic hydroxyl groups is 1. The van der Waals surface area contributed by atoms with Crippen molar-refractivity contribution in [1.29, 1.82) is 5.41 Å². The minimum absolute atomic E-state index is 0.124. The SMILES string of the molecule is Cc1cc(C(=N)N)ccc1CN1CCC(CCO)C1. The molecule has 1 heterocycles. The summed E-state index contributed by atoms with van der Waals surface area (Å²) >= 11 is 0. The van der Waals surface area contributed by atoms with Gasteiger partial charge < -0.3 is 10.8 Å². The molecule has 0 radical (unpaired) electrons. The van der Waals surface area contributed by atoms with Gasteiger partial charge in [0.05, 0.1) is 0 Å². The monoisotopic (exact) mass is 261 g/mol. The number of hydrogen-bond acceptors (Lipinski definition) is 3. The summed E-state index contributed by atoms with van der Waals surface area (Å²) in [5, 5.41) is 16.4. The van der Waals surface area contributed by atoms with Crippen LogP contribution in [-0.4, -0.2) is 35.5 Å². The largest absolute Gasteiger partial charge is 0.396 e. The lowest BCUT2D eigenvalue weighted by Gasteiger charge is -2.18. The Morgan fingerprint density at radius 1 is 1.53 bits per heavy atom. The average Bonchev–Trinajstić information content (AvgIpc) is 2.79. The van der Waals surface area contributed by atoms with Crippen molar-refractivity contribution in [3.63, 3.8) is 0 Å². The van der Waals surface area contributed by atoms with Crippen molar-refractivity contribution in [1.82, 2.24) is 4.90 Å². The van der Waals surface area contributed by atoms with E-state index in [-0.39, 0.29) is 5.84 Å². The highest BCUT2D eigenvalue weighted by molar-refractivity contribution is 5.95. The maximum Gasteiger partial charge on any atom is 0.122 e. The van der Waals surface area contributed by atoms with E-state index >= 15 is 0 Å². The number of nitrogens with one attached hydrogen (secondary N) is 1. The third-order valence-corrected chi connectivity index (χ3v) is 3.95. The van der Waals surface area contributed by atoms with Crippen LogP contribution < -0.4 is 5.73 Å². The van der Waals surface area contributed by atoms with Gasteiger partial charge in [-0.1, -0.05) is 12.1 Å². The van der Waals surface area contributed by atoms with Gasteiger partial charge in [0, 0.05) is 25.3 Å². The second kappa shape index (κ2) is 6.17. The Morgan fingerprint density at radius 2 is 2.32 bits per heavy atom. The zero-order chi connectivity index (χ0) is 13.8. The van der Waals surface area contributed by atoms with Crippen LogP contribution in [0.2, 0.25) is 0 Å². The van der Waals surface area contributed by atoms with Crippen LogP contribution in [0.15, 0.2) is 18.2 Å². The van der Waals surface area contributed by atoms with Crippen LogP contribution in [0, 0.1) is 18.3 Å². The molecule has 104 valence electrons. The van der Waals surface area contributed by atoms with Crippen molar-refractivity contribution in [2.75, 3.05) is 19.7 Å². The number of hydrogen-bond donors (Lipinski definition) is 3. The quantitative estimate of drug-likeness (QED) is 0.555.